The topological polar surface area (TPSA) is 22.1 Å². The van der Waals surface area contributed by atoms with Crippen LogP contribution in [-0.4, -0.2) is 4.98 Å². The summed E-state index contributed by atoms with van der Waals surface area (Å²) in [6.45, 7) is 1.93. The number of halogens is 2. The van der Waals surface area contributed by atoms with Crippen LogP contribution in [0, 0.1) is 12.7 Å². The van der Waals surface area contributed by atoms with E-state index in [-0.39, 0.29) is 5.88 Å². The molecule has 1 heterocycles. The molecule has 0 aliphatic heterocycles. The lowest BCUT2D eigenvalue weighted by atomic mass is 10.2. The molecule has 0 bridgehead atoms. The maximum atomic E-state index is 13.0. The smallest absolute Gasteiger partial charge is 0.223 e. The van der Waals surface area contributed by atoms with Gasteiger partial charge < -0.3 is 4.74 Å². The third-order valence-corrected chi connectivity index (χ3v) is 2.62. The van der Waals surface area contributed by atoms with E-state index in [9.17, 15) is 4.39 Å². The molecule has 1 aromatic carbocycles. The third-order valence-electron chi connectivity index (χ3n) is 2.34. The minimum Gasteiger partial charge on any atom is -0.438 e. The van der Waals surface area contributed by atoms with E-state index in [1.54, 1.807) is 0 Å². The molecule has 1 aromatic heterocycles. The average molecular weight is 252 g/mol. The van der Waals surface area contributed by atoms with Gasteiger partial charge in [-0.25, -0.2) is 9.37 Å². The van der Waals surface area contributed by atoms with Crippen LogP contribution < -0.4 is 4.74 Å². The number of hydrogen-bond donors (Lipinski definition) is 0. The molecule has 0 atom stereocenters. The Kier molecular flexibility index (Phi) is 3.59. The molecule has 2 aromatic rings. The molecule has 2 rings (SSSR count). The van der Waals surface area contributed by atoms with Gasteiger partial charge in [-0.3, -0.25) is 0 Å². The molecule has 0 saturated carbocycles. The summed E-state index contributed by atoms with van der Waals surface area (Å²) in [6, 6.07) is 8.88. The van der Waals surface area contributed by atoms with Crippen molar-refractivity contribution in [2.75, 3.05) is 0 Å². The fourth-order valence-corrected chi connectivity index (χ4v) is 1.62. The fraction of sp³-hybridized carbons (Fsp3) is 0.154. The number of alkyl halides is 1. The molecule has 0 amide bonds. The maximum absolute atomic E-state index is 13.0. The number of rotatable bonds is 3. The highest BCUT2D eigenvalue weighted by Gasteiger charge is 2.08. The van der Waals surface area contributed by atoms with Crippen molar-refractivity contribution in [1.29, 1.82) is 0 Å². The van der Waals surface area contributed by atoms with Crippen LogP contribution in [0.15, 0.2) is 36.5 Å². The highest BCUT2D eigenvalue weighted by atomic mass is 35.5. The third kappa shape index (κ3) is 2.74. The van der Waals surface area contributed by atoms with Crippen molar-refractivity contribution >= 4 is 11.6 Å². The van der Waals surface area contributed by atoms with Crippen molar-refractivity contribution in [3.8, 4) is 11.6 Å². The Labute approximate surface area is 104 Å². The second-order valence-corrected chi connectivity index (χ2v) is 3.89. The van der Waals surface area contributed by atoms with Crippen LogP contribution in [0.4, 0.5) is 4.39 Å². The van der Waals surface area contributed by atoms with E-state index >= 15 is 0 Å². The SMILES string of the molecule is Cc1ccccc1Oc1ncc(F)cc1CCl. The first-order chi connectivity index (χ1) is 8.20. The number of pyridine rings is 1. The minimum atomic E-state index is -0.419. The van der Waals surface area contributed by atoms with Gasteiger partial charge in [-0.05, 0) is 24.6 Å². The molecule has 0 spiro atoms. The number of aryl methyl sites for hydroxylation is 1. The fourth-order valence-electron chi connectivity index (χ4n) is 1.43. The number of benzene rings is 1. The van der Waals surface area contributed by atoms with E-state index in [4.69, 9.17) is 16.3 Å². The normalized spacial score (nSPS) is 10.3. The van der Waals surface area contributed by atoms with E-state index in [0.29, 0.717) is 17.2 Å². The minimum absolute atomic E-state index is 0.159. The standard InChI is InChI=1S/C13H11ClFNO/c1-9-4-2-3-5-12(9)17-13-10(7-14)6-11(15)8-16-13/h2-6,8H,7H2,1H3. The summed E-state index contributed by atoms with van der Waals surface area (Å²) in [5.74, 6) is 0.776. The molecule has 0 aliphatic rings. The van der Waals surface area contributed by atoms with Gasteiger partial charge in [0, 0.05) is 5.56 Å². The Morgan fingerprint density at radius 1 is 1.35 bits per heavy atom. The molecular weight excluding hydrogens is 241 g/mol. The van der Waals surface area contributed by atoms with Crippen molar-refractivity contribution in [2.24, 2.45) is 0 Å². The van der Waals surface area contributed by atoms with E-state index in [1.807, 2.05) is 31.2 Å². The highest BCUT2D eigenvalue weighted by Crippen LogP contribution is 2.26. The molecule has 0 unspecified atom stereocenters. The number of hydrogen-bond acceptors (Lipinski definition) is 2. The van der Waals surface area contributed by atoms with E-state index in [1.165, 1.54) is 6.07 Å². The van der Waals surface area contributed by atoms with E-state index < -0.39 is 5.82 Å². The van der Waals surface area contributed by atoms with E-state index in [0.717, 1.165) is 11.8 Å². The summed E-state index contributed by atoms with van der Waals surface area (Å²) in [5, 5.41) is 0. The molecule has 88 valence electrons. The lowest BCUT2D eigenvalue weighted by molar-refractivity contribution is 0.451. The van der Waals surface area contributed by atoms with Crippen molar-refractivity contribution < 1.29 is 9.13 Å². The van der Waals surface area contributed by atoms with Gasteiger partial charge in [0.1, 0.15) is 11.6 Å². The molecular formula is C13H11ClFNO. The predicted octanol–water partition coefficient (Wildman–Crippen LogP) is 4.06. The second-order valence-electron chi connectivity index (χ2n) is 3.62. The lowest BCUT2D eigenvalue weighted by Crippen LogP contribution is -1.95. The van der Waals surface area contributed by atoms with E-state index in [2.05, 4.69) is 4.98 Å². The van der Waals surface area contributed by atoms with Crippen LogP contribution in [0.2, 0.25) is 0 Å². The number of para-hydroxylation sites is 1. The van der Waals surface area contributed by atoms with Gasteiger partial charge in [-0.15, -0.1) is 11.6 Å². The first-order valence-electron chi connectivity index (χ1n) is 5.14. The summed E-state index contributed by atoms with van der Waals surface area (Å²) in [4.78, 5) is 3.90. The van der Waals surface area contributed by atoms with Crippen molar-refractivity contribution in [1.82, 2.24) is 4.98 Å². The molecule has 0 radical (unpaired) electrons. The second kappa shape index (κ2) is 5.15. The zero-order valence-corrected chi connectivity index (χ0v) is 10.0. The molecule has 0 aliphatic carbocycles. The van der Waals surface area contributed by atoms with Crippen LogP contribution >= 0.6 is 11.6 Å². The molecule has 17 heavy (non-hydrogen) atoms. The first-order valence-corrected chi connectivity index (χ1v) is 5.68. The van der Waals surface area contributed by atoms with Gasteiger partial charge in [0.05, 0.1) is 12.1 Å². The predicted molar refractivity (Wildman–Crippen MR) is 65.0 cm³/mol. The molecule has 0 N–H and O–H groups in total. The average Bonchev–Trinajstić information content (AvgIpc) is 2.34. The monoisotopic (exact) mass is 251 g/mol. The summed E-state index contributed by atoms with van der Waals surface area (Å²) in [5.41, 5.74) is 1.52. The zero-order chi connectivity index (χ0) is 12.3. The summed E-state index contributed by atoms with van der Waals surface area (Å²) >= 11 is 5.72. The Bertz CT molecular complexity index is 531. The number of aromatic nitrogens is 1. The molecule has 0 fully saturated rings. The van der Waals surface area contributed by atoms with Gasteiger partial charge in [-0.1, -0.05) is 18.2 Å². The highest BCUT2D eigenvalue weighted by molar-refractivity contribution is 6.17. The quantitative estimate of drug-likeness (QED) is 0.768. The van der Waals surface area contributed by atoms with Gasteiger partial charge in [0.2, 0.25) is 5.88 Å². The van der Waals surface area contributed by atoms with Crippen LogP contribution in [-0.2, 0) is 5.88 Å². The van der Waals surface area contributed by atoms with Crippen LogP contribution in [0.1, 0.15) is 11.1 Å². The van der Waals surface area contributed by atoms with Gasteiger partial charge >= 0.3 is 0 Å². The van der Waals surface area contributed by atoms with Crippen LogP contribution in [0.5, 0.6) is 11.6 Å². The summed E-state index contributed by atoms with van der Waals surface area (Å²) in [6.07, 6.45) is 1.11. The van der Waals surface area contributed by atoms with Crippen molar-refractivity contribution in [3.05, 3.63) is 53.5 Å². The maximum Gasteiger partial charge on any atom is 0.223 e. The zero-order valence-electron chi connectivity index (χ0n) is 9.28. The number of ether oxygens (including phenoxy) is 1. The lowest BCUT2D eigenvalue weighted by Gasteiger charge is -2.10. The van der Waals surface area contributed by atoms with Crippen molar-refractivity contribution in [2.45, 2.75) is 12.8 Å². The number of nitrogens with zero attached hydrogens (tertiary/aromatic N) is 1. The molecule has 4 heteroatoms. The molecule has 2 nitrogen and oxygen atoms in total. The Balaban J connectivity index is 2.33. The first kappa shape index (κ1) is 11.9. The Morgan fingerprint density at radius 2 is 2.12 bits per heavy atom. The Hall–Kier alpha value is -1.61. The van der Waals surface area contributed by atoms with Crippen LogP contribution in [0.25, 0.3) is 0 Å². The largest absolute Gasteiger partial charge is 0.438 e. The summed E-state index contributed by atoms with van der Waals surface area (Å²) in [7, 11) is 0. The Morgan fingerprint density at radius 3 is 2.82 bits per heavy atom. The van der Waals surface area contributed by atoms with Gasteiger partial charge in [-0.2, -0.15) is 0 Å². The van der Waals surface area contributed by atoms with Gasteiger partial charge in [0.25, 0.3) is 0 Å². The van der Waals surface area contributed by atoms with Crippen LogP contribution in [0.3, 0.4) is 0 Å². The summed E-state index contributed by atoms with van der Waals surface area (Å²) < 4.78 is 18.6. The molecule has 0 saturated heterocycles. The van der Waals surface area contributed by atoms with Gasteiger partial charge in [0.15, 0.2) is 0 Å². The van der Waals surface area contributed by atoms with Crippen molar-refractivity contribution in [3.63, 3.8) is 0 Å².